The highest BCUT2D eigenvalue weighted by molar-refractivity contribution is 6.20. The van der Waals surface area contributed by atoms with Crippen LogP contribution in [0.15, 0.2) is 58.9 Å². The number of hydrogen-bond acceptors (Lipinski definition) is 3. The van der Waals surface area contributed by atoms with Crippen molar-refractivity contribution in [1.29, 1.82) is 0 Å². The van der Waals surface area contributed by atoms with Crippen molar-refractivity contribution in [2.45, 2.75) is 26.2 Å². The predicted molar refractivity (Wildman–Crippen MR) is 108 cm³/mol. The molecule has 0 unspecified atom stereocenters. The zero-order valence-corrected chi connectivity index (χ0v) is 14.9. The lowest BCUT2D eigenvalue weighted by molar-refractivity contribution is 0.888. The van der Waals surface area contributed by atoms with Crippen LogP contribution < -0.4 is 5.32 Å². The van der Waals surface area contributed by atoms with Crippen molar-refractivity contribution in [3.05, 3.63) is 65.4 Å². The molecule has 0 radical (unpaired) electrons. The molecule has 0 amide bonds. The summed E-state index contributed by atoms with van der Waals surface area (Å²) in [7, 11) is 0. The molecule has 1 aliphatic carbocycles. The first-order chi connectivity index (χ1) is 12.8. The summed E-state index contributed by atoms with van der Waals surface area (Å²) in [5.41, 5.74) is 8.06. The highest BCUT2D eigenvalue weighted by Gasteiger charge is 2.21. The van der Waals surface area contributed by atoms with E-state index in [0.717, 1.165) is 41.4 Å². The van der Waals surface area contributed by atoms with E-state index >= 15 is 0 Å². The van der Waals surface area contributed by atoms with Crippen LogP contribution in [0.4, 0.5) is 5.69 Å². The van der Waals surface area contributed by atoms with Crippen molar-refractivity contribution in [2.24, 2.45) is 16.1 Å². The number of aryl methyl sites for hydroxylation is 1. The zero-order valence-electron chi connectivity index (χ0n) is 14.9. The molecular formula is C22H22N4. The molecule has 1 aliphatic heterocycles. The first-order valence-corrected chi connectivity index (χ1v) is 9.32. The van der Waals surface area contributed by atoms with E-state index in [1.807, 2.05) is 6.20 Å². The molecule has 2 aromatic carbocycles. The Morgan fingerprint density at radius 3 is 2.54 bits per heavy atom. The number of rotatable bonds is 5. The van der Waals surface area contributed by atoms with Crippen LogP contribution in [-0.2, 0) is 0 Å². The summed E-state index contributed by atoms with van der Waals surface area (Å²) in [6.07, 6.45) is 5.49. The van der Waals surface area contributed by atoms with Crippen molar-refractivity contribution in [3.63, 3.8) is 0 Å². The minimum atomic E-state index is 0.782. The molecule has 4 nitrogen and oxygen atoms in total. The third kappa shape index (κ3) is 2.92. The number of hydrogen-bond donors (Lipinski definition) is 2. The van der Waals surface area contributed by atoms with Gasteiger partial charge in [-0.15, -0.1) is 0 Å². The van der Waals surface area contributed by atoms with Gasteiger partial charge in [-0.3, -0.25) is 0 Å². The van der Waals surface area contributed by atoms with Crippen LogP contribution in [0.1, 0.15) is 36.0 Å². The number of aromatic nitrogens is 1. The first kappa shape index (κ1) is 15.4. The average Bonchev–Trinajstić information content (AvgIpc) is 3.16. The van der Waals surface area contributed by atoms with Crippen molar-refractivity contribution >= 4 is 28.0 Å². The van der Waals surface area contributed by atoms with Gasteiger partial charge in [-0.2, -0.15) is 10.2 Å². The van der Waals surface area contributed by atoms with Gasteiger partial charge in [0.2, 0.25) is 0 Å². The molecule has 1 fully saturated rings. The van der Waals surface area contributed by atoms with Crippen molar-refractivity contribution in [2.75, 3.05) is 11.9 Å². The normalized spacial score (nSPS) is 16.7. The lowest BCUT2D eigenvalue weighted by atomic mass is 9.98. The number of H-pyrrole nitrogens is 1. The molecule has 5 rings (SSSR count). The summed E-state index contributed by atoms with van der Waals surface area (Å²) >= 11 is 0. The standard InChI is InChI=1S/C22H22N4/c1-14-10-16(4-6-19(14)24-13-15-2-3-15)21-12-22(26-25-21)17-5-7-20-18(11-17)8-9-23-20/h4-11,15,23-24H,2-3,12-13H2,1H3. The minimum Gasteiger partial charge on any atom is -0.385 e. The quantitative estimate of drug-likeness (QED) is 0.681. The largest absolute Gasteiger partial charge is 0.385 e. The van der Waals surface area contributed by atoms with Gasteiger partial charge in [-0.25, -0.2) is 0 Å². The van der Waals surface area contributed by atoms with Crippen LogP contribution in [0, 0.1) is 12.8 Å². The lowest BCUT2D eigenvalue weighted by Gasteiger charge is -2.11. The Balaban J connectivity index is 1.31. The van der Waals surface area contributed by atoms with Gasteiger partial charge in [-0.05, 0) is 72.7 Å². The third-order valence-corrected chi connectivity index (χ3v) is 5.35. The fourth-order valence-corrected chi connectivity index (χ4v) is 3.52. The minimum absolute atomic E-state index is 0.782. The molecule has 0 saturated heterocycles. The van der Waals surface area contributed by atoms with E-state index in [1.54, 1.807) is 0 Å². The Morgan fingerprint density at radius 2 is 1.77 bits per heavy atom. The van der Waals surface area contributed by atoms with Gasteiger partial charge in [0.05, 0.1) is 11.4 Å². The van der Waals surface area contributed by atoms with E-state index in [-0.39, 0.29) is 0 Å². The van der Waals surface area contributed by atoms with Crippen LogP contribution in [0.3, 0.4) is 0 Å². The summed E-state index contributed by atoms with van der Waals surface area (Å²) in [5, 5.41) is 13.7. The molecule has 2 heterocycles. The van der Waals surface area contributed by atoms with Crippen LogP contribution in [0.5, 0.6) is 0 Å². The molecule has 2 N–H and O–H groups in total. The number of anilines is 1. The molecule has 0 bridgehead atoms. The van der Waals surface area contributed by atoms with Gasteiger partial charge in [0, 0.05) is 35.8 Å². The maximum absolute atomic E-state index is 4.46. The third-order valence-electron chi connectivity index (χ3n) is 5.35. The van der Waals surface area contributed by atoms with E-state index < -0.39 is 0 Å². The highest BCUT2D eigenvalue weighted by atomic mass is 15.2. The second-order valence-corrected chi connectivity index (χ2v) is 7.40. The number of nitrogens with zero attached hydrogens (tertiary/aromatic N) is 2. The monoisotopic (exact) mass is 342 g/mol. The summed E-state index contributed by atoms with van der Waals surface area (Å²) < 4.78 is 0. The van der Waals surface area contributed by atoms with E-state index in [0.29, 0.717) is 0 Å². The van der Waals surface area contributed by atoms with E-state index in [9.17, 15) is 0 Å². The number of fused-ring (bicyclic) bond motifs is 1. The van der Waals surface area contributed by atoms with Crippen LogP contribution in [0.25, 0.3) is 10.9 Å². The highest BCUT2D eigenvalue weighted by Crippen LogP contribution is 2.30. The molecule has 0 spiro atoms. The summed E-state index contributed by atoms with van der Waals surface area (Å²) in [4.78, 5) is 3.23. The van der Waals surface area contributed by atoms with E-state index in [4.69, 9.17) is 0 Å². The second kappa shape index (κ2) is 6.13. The molecule has 4 heteroatoms. The van der Waals surface area contributed by atoms with Gasteiger partial charge in [0.15, 0.2) is 0 Å². The molecule has 1 aromatic heterocycles. The molecule has 2 aliphatic rings. The van der Waals surface area contributed by atoms with Gasteiger partial charge in [0.1, 0.15) is 0 Å². The molecule has 3 aromatic rings. The Morgan fingerprint density at radius 1 is 1.00 bits per heavy atom. The number of aromatic amines is 1. The average molecular weight is 342 g/mol. The fourth-order valence-electron chi connectivity index (χ4n) is 3.52. The zero-order chi connectivity index (χ0) is 17.5. The molecule has 26 heavy (non-hydrogen) atoms. The Kier molecular flexibility index (Phi) is 3.63. The summed E-state index contributed by atoms with van der Waals surface area (Å²) in [6.45, 7) is 3.26. The topological polar surface area (TPSA) is 52.5 Å². The van der Waals surface area contributed by atoms with Gasteiger partial charge < -0.3 is 10.3 Å². The maximum Gasteiger partial charge on any atom is 0.0763 e. The molecular weight excluding hydrogens is 320 g/mol. The summed E-state index contributed by atoms with van der Waals surface area (Å²) in [6, 6.07) is 15.1. The van der Waals surface area contributed by atoms with E-state index in [2.05, 4.69) is 69.9 Å². The van der Waals surface area contributed by atoms with Crippen molar-refractivity contribution in [3.8, 4) is 0 Å². The van der Waals surface area contributed by atoms with Crippen LogP contribution in [-0.4, -0.2) is 23.0 Å². The number of nitrogens with one attached hydrogen (secondary N) is 2. The SMILES string of the molecule is Cc1cc(C2=NN=C(c3ccc4[nH]ccc4c3)C2)ccc1NCC1CC1. The molecule has 0 atom stereocenters. The van der Waals surface area contributed by atoms with Crippen LogP contribution in [0.2, 0.25) is 0 Å². The maximum atomic E-state index is 4.46. The first-order valence-electron chi connectivity index (χ1n) is 9.32. The predicted octanol–water partition coefficient (Wildman–Crippen LogP) is 4.90. The van der Waals surface area contributed by atoms with Gasteiger partial charge >= 0.3 is 0 Å². The fraction of sp³-hybridized carbons (Fsp3) is 0.273. The van der Waals surface area contributed by atoms with Gasteiger partial charge in [0.25, 0.3) is 0 Å². The van der Waals surface area contributed by atoms with Crippen molar-refractivity contribution in [1.82, 2.24) is 4.98 Å². The molecule has 130 valence electrons. The van der Waals surface area contributed by atoms with Gasteiger partial charge in [-0.1, -0.05) is 12.1 Å². The Hall–Kier alpha value is -2.88. The Bertz CT molecular complexity index is 1040. The smallest absolute Gasteiger partial charge is 0.0763 e. The Labute approximate surface area is 153 Å². The van der Waals surface area contributed by atoms with Crippen molar-refractivity contribution < 1.29 is 0 Å². The van der Waals surface area contributed by atoms with Crippen LogP contribution >= 0.6 is 0 Å². The molecule has 1 saturated carbocycles. The second-order valence-electron chi connectivity index (χ2n) is 7.40. The lowest BCUT2D eigenvalue weighted by Crippen LogP contribution is -2.08. The summed E-state index contributed by atoms with van der Waals surface area (Å²) in [5.74, 6) is 0.876. The van der Waals surface area contributed by atoms with E-state index in [1.165, 1.54) is 35.0 Å². The number of benzene rings is 2.